The predicted molar refractivity (Wildman–Crippen MR) is 115 cm³/mol. The number of hydrogen-bond donors (Lipinski definition) is 1. The van der Waals surface area contributed by atoms with Gasteiger partial charge in [0.1, 0.15) is 11.5 Å². The Morgan fingerprint density at radius 1 is 0.900 bits per heavy atom. The molecule has 6 nitrogen and oxygen atoms in total. The lowest BCUT2D eigenvalue weighted by Crippen LogP contribution is -2.14. The first-order chi connectivity index (χ1) is 14.5. The van der Waals surface area contributed by atoms with Gasteiger partial charge in [-0.25, -0.2) is 12.4 Å². The van der Waals surface area contributed by atoms with Gasteiger partial charge in [-0.2, -0.15) is 0 Å². The van der Waals surface area contributed by atoms with Crippen LogP contribution in [0.15, 0.2) is 77.7 Å². The number of nitrogens with zero attached hydrogens (tertiary/aromatic N) is 1. The van der Waals surface area contributed by atoms with Crippen LogP contribution < -0.4 is 9.47 Å². The standard InChI is InChI=1S/C23H21NO5S/c1-28-18-11-12-21-17(13-18)14-22(20-10-6-7-16(15-25)23(20)29-2)24(21)30(26,27)19-8-4-3-5-9-19/h3-14,25H,15H2,1-2H3. The molecular weight excluding hydrogens is 402 g/mol. The first-order valence-electron chi connectivity index (χ1n) is 9.28. The van der Waals surface area contributed by atoms with Crippen molar-refractivity contribution in [1.29, 1.82) is 0 Å². The molecule has 0 fully saturated rings. The third-order valence-electron chi connectivity index (χ3n) is 4.99. The molecule has 30 heavy (non-hydrogen) atoms. The van der Waals surface area contributed by atoms with Crippen LogP contribution in [-0.4, -0.2) is 31.7 Å². The number of para-hydroxylation sites is 1. The van der Waals surface area contributed by atoms with E-state index in [-0.39, 0.29) is 11.5 Å². The zero-order valence-corrected chi connectivity index (χ0v) is 17.4. The summed E-state index contributed by atoms with van der Waals surface area (Å²) in [5, 5.41) is 10.4. The monoisotopic (exact) mass is 423 g/mol. The Morgan fingerprint density at radius 3 is 2.33 bits per heavy atom. The van der Waals surface area contributed by atoms with E-state index in [0.717, 1.165) is 0 Å². The first-order valence-corrected chi connectivity index (χ1v) is 10.7. The maximum absolute atomic E-state index is 13.7. The molecule has 0 spiro atoms. The lowest BCUT2D eigenvalue weighted by molar-refractivity contribution is 0.274. The molecule has 0 bridgehead atoms. The number of aromatic nitrogens is 1. The van der Waals surface area contributed by atoms with Crippen molar-refractivity contribution in [1.82, 2.24) is 3.97 Å². The molecular formula is C23H21NO5S. The van der Waals surface area contributed by atoms with Crippen LogP contribution in [0.4, 0.5) is 0 Å². The molecule has 154 valence electrons. The molecule has 3 aromatic carbocycles. The number of hydrogen-bond acceptors (Lipinski definition) is 5. The maximum atomic E-state index is 13.7. The van der Waals surface area contributed by atoms with Crippen molar-refractivity contribution in [3.8, 4) is 22.8 Å². The molecule has 0 atom stereocenters. The Balaban J connectivity index is 2.10. The van der Waals surface area contributed by atoms with Crippen LogP contribution in [0.3, 0.4) is 0 Å². The average Bonchev–Trinajstić information content (AvgIpc) is 3.18. The highest BCUT2D eigenvalue weighted by atomic mass is 32.2. The van der Waals surface area contributed by atoms with Crippen molar-refractivity contribution < 1.29 is 23.0 Å². The van der Waals surface area contributed by atoms with Gasteiger partial charge in [-0.15, -0.1) is 0 Å². The molecule has 0 saturated heterocycles. The van der Waals surface area contributed by atoms with Gasteiger partial charge >= 0.3 is 0 Å². The van der Waals surface area contributed by atoms with E-state index in [9.17, 15) is 13.5 Å². The van der Waals surface area contributed by atoms with Gasteiger partial charge in [0.15, 0.2) is 0 Å². The predicted octanol–water partition coefficient (Wildman–Crippen LogP) is 4.05. The van der Waals surface area contributed by atoms with Crippen LogP contribution in [0.1, 0.15) is 5.56 Å². The summed E-state index contributed by atoms with van der Waals surface area (Å²) < 4.78 is 39.5. The summed E-state index contributed by atoms with van der Waals surface area (Å²) in [5.74, 6) is 1.05. The average molecular weight is 423 g/mol. The van der Waals surface area contributed by atoms with Crippen LogP contribution in [0, 0.1) is 0 Å². The summed E-state index contributed by atoms with van der Waals surface area (Å²) in [6, 6.07) is 20.6. The summed E-state index contributed by atoms with van der Waals surface area (Å²) in [5.41, 5.74) is 2.10. The van der Waals surface area contributed by atoms with Crippen LogP contribution in [0.5, 0.6) is 11.5 Å². The molecule has 0 aliphatic rings. The lowest BCUT2D eigenvalue weighted by Gasteiger charge is -2.16. The number of aliphatic hydroxyl groups excluding tert-OH is 1. The summed E-state index contributed by atoms with van der Waals surface area (Å²) in [6.07, 6.45) is 0. The minimum Gasteiger partial charge on any atom is -0.497 e. The van der Waals surface area contributed by atoms with Crippen LogP contribution in [-0.2, 0) is 16.6 Å². The molecule has 0 unspecified atom stereocenters. The fourth-order valence-corrected chi connectivity index (χ4v) is 5.14. The van der Waals surface area contributed by atoms with Gasteiger partial charge in [0, 0.05) is 16.5 Å². The zero-order valence-electron chi connectivity index (χ0n) is 16.6. The quantitative estimate of drug-likeness (QED) is 0.506. The Bertz CT molecular complexity index is 1310. The second kappa shape index (κ2) is 7.85. The number of benzene rings is 3. The maximum Gasteiger partial charge on any atom is 0.268 e. The first kappa shape index (κ1) is 20.0. The second-order valence-corrected chi connectivity index (χ2v) is 8.48. The van der Waals surface area contributed by atoms with Crippen molar-refractivity contribution in [3.05, 3.63) is 78.4 Å². The van der Waals surface area contributed by atoms with Gasteiger partial charge in [-0.1, -0.05) is 30.3 Å². The summed E-state index contributed by atoms with van der Waals surface area (Å²) >= 11 is 0. The van der Waals surface area contributed by atoms with E-state index in [1.54, 1.807) is 79.9 Å². The molecule has 4 aromatic rings. The molecule has 0 amide bonds. The molecule has 0 radical (unpaired) electrons. The van der Waals surface area contributed by atoms with E-state index in [0.29, 0.717) is 39.2 Å². The van der Waals surface area contributed by atoms with E-state index in [2.05, 4.69) is 0 Å². The fourth-order valence-electron chi connectivity index (χ4n) is 3.59. The second-order valence-electron chi connectivity index (χ2n) is 6.69. The molecule has 0 aliphatic heterocycles. The molecule has 7 heteroatoms. The highest BCUT2D eigenvalue weighted by Crippen LogP contribution is 2.39. The highest BCUT2D eigenvalue weighted by Gasteiger charge is 2.26. The van der Waals surface area contributed by atoms with Crippen molar-refractivity contribution >= 4 is 20.9 Å². The minimum atomic E-state index is -3.91. The SMILES string of the molecule is COc1ccc2c(c1)cc(-c1cccc(CO)c1OC)n2S(=O)(=O)c1ccccc1. The van der Waals surface area contributed by atoms with Gasteiger partial charge in [-0.3, -0.25) is 0 Å². The van der Waals surface area contributed by atoms with Gasteiger partial charge in [0.2, 0.25) is 0 Å². The van der Waals surface area contributed by atoms with Gasteiger partial charge in [0.05, 0.1) is 36.9 Å². The summed E-state index contributed by atoms with van der Waals surface area (Å²) in [7, 11) is -0.845. The number of rotatable bonds is 6. The van der Waals surface area contributed by atoms with Crippen molar-refractivity contribution in [2.45, 2.75) is 11.5 Å². The number of ether oxygens (including phenoxy) is 2. The smallest absolute Gasteiger partial charge is 0.268 e. The fraction of sp³-hybridized carbons (Fsp3) is 0.130. The van der Waals surface area contributed by atoms with E-state index < -0.39 is 10.0 Å². The van der Waals surface area contributed by atoms with E-state index in [1.165, 1.54) is 11.1 Å². The Morgan fingerprint density at radius 2 is 1.67 bits per heavy atom. The molecule has 0 saturated carbocycles. The minimum absolute atomic E-state index is 0.178. The Hall–Kier alpha value is -3.29. The summed E-state index contributed by atoms with van der Waals surface area (Å²) in [6.45, 7) is -0.226. The topological polar surface area (TPSA) is 77.8 Å². The third-order valence-corrected chi connectivity index (χ3v) is 6.73. The zero-order chi connectivity index (χ0) is 21.3. The normalized spacial score (nSPS) is 11.6. The van der Waals surface area contributed by atoms with Crippen molar-refractivity contribution in [3.63, 3.8) is 0 Å². The summed E-state index contributed by atoms with van der Waals surface area (Å²) in [4.78, 5) is 0.178. The van der Waals surface area contributed by atoms with Gasteiger partial charge in [0.25, 0.3) is 10.0 Å². The van der Waals surface area contributed by atoms with E-state index >= 15 is 0 Å². The van der Waals surface area contributed by atoms with Crippen molar-refractivity contribution in [2.24, 2.45) is 0 Å². The molecule has 0 aliphatic carbocycles. The Kier molecular flexibility index (Phi) is 5.24. The number of aliphatic hydroxyl groups is 1. The molecule has 4 rings (SSSR count). The van der Waals surface area contributed by atoms with Gasteiger partial charge in [-0.05, 0) is 42.5 Å². The van der Waals surface area contributed by atoms with Gasteiger partial charge < -0.3 is 14.6 Å². The molecule has 1 heterocycles. The Labute approximate surface area is 175 Å². The van der Waals surface area contributed by atoms with Crippen LogP contribution in [0.2, 0.25) is 0 Å². The lowest BCUT2D eigenvalue weighted by atomic mass is 10.1. The number of methoxy groups -OCH3 is 2. The number of fused-ring (bicyclic) bond motifs is 1. The van der Waals surface area contributed by atoms with E-state index in [1.807, 2.05) is 0 Å². The van der Waals surface area contributed by atoms with Crippen LogP contribution in [0.25, 0.3) is 22.2 Å². The van der Waals surface area contributed by atoms with Crippen LogP contribution >= 0.6 is 0 Å². The third kappa shape index (κ3) is 3.22. The molecule has 1 aromatic heterocycles. The van der Waals surface area contributed by atoms with E-state index in [4.69, 9.17) is 9.47 Å². The molecule has 1 N–H and O–H groups in total. The van der Waals surface area contributed by atoms with Crippen molar-refractivity contribution in [2.75, 3.05) is 14.2 Å². The largest absolute Gasteiger partial charge is 0.497 e. The highest BCUT2D eigenvalue weighted by molar-refractivity contribution is 7.90.